The van der Waals surface area contributed by atoms with E-state index >= 15 is 0 Å². The number of carbonyl (C=O) groups excluding carboxylic acids is 1. The van der Waals surface area contributed by atoms with Crippen molar-refractivity contribution in [2.24, 2.45) is 5.92 Å². The van der Waals surface area contributed by atoms with Crippen molar-refractivity contribution >= 4 is 16.8 Å². The Labute approximate surface area is 137 Å². The van der Waals surface area contributed by atoms with Gasteiger partial charge in [-0.1, -0.05) is 33.8 Å². The maximum Gasteiger partial charge on any atom is 0.251 e. The molecule has 0 spiro atoms. The van der Waals surface area contributed by atoms with Crippen LogP contribution in [0.5, 0.6) is 0 Å². The summed E-state index contributed by atoms with van der Waals surface area (Å²) in [6, 6.07) is 8.02. The average Bonchev–Trinajstić information content (AvgIpc) is 2.50. The summed E-state index contributed by atoms with van der Waals surface area (Å²) in [4.78, 5) is 26.9. The van der Waals surface area contributed by atoms with Crippen LogP contribution in [-0.2, 0) is 11.2 Å². The summed E-state index contributed by atoms with van der Waals surface area (Å²) in [7, 11) is 0. The van der Waals surface area contributed by atoms with Crippen LogP contribution in [0.4, 0.5) is 0 Å². The molecule has 2 N–H and O–H groups in total. The molecule has 124 valence electrons. The van der Waals surface area contributed by atoms with Crippen LogP contribution in [0.1, 0.15) is 51.2 Å². The van der Waals surface area contributed by atoms with Crippen molar-refractivity contribution < 1.29 is 4.79 Å². The predicted molar refractivity (Wildman–Crippen MR) is 94.8 cm³/mol. The maximum absolute atomic E-state index is 12.1. The van der Waals surface area contributed by atoms with Crippen molar-refractivity contribution in [2.75, 3.05) is 6.54 Å². The lowest BCUT2D eigenvalue weighted by Gasteiger charge is -2.09. The van der Waals surface area contributed by atoms with Gasteiger partial charge >= 0.3 is 0 Å². The number of H-pyrrole nitrogens is 1. The van der Waals surface area contributed by atoms with Crippen molar-refractivity contribution in [3.05, 3.63) is 45.7 Å². The van der Waals surface area contributed by atoms with E-state index in [1.807, 2.05) is 18.2 Å². The van der Waals surface area contributed by atoms with Crippen LogP contribution < -0.4 is 10.9 Å². The summed E-state index contributed by atoms with van der Waals surface area (Å²) >= 11 is 0. The van der Waals surface area contributed by atoms with Crippen LogP contribution in [0, 0.1) is 5.92 Å². The zero-order chi connectivity index (χ0) is 17.0. The lowest BCUT2D eigenvalue weighted by molar-refractivity contribution is -0.121. The number of carbonyl (C=O) groups is 1. The van der Waals surface area contributed by atoms with Crippen LogP contribution >= 0.6 is 0 Å². The van der Waals surface area contributed by atoms with Gasteiger partial charge in [0.2, 0.25) is 5.91 Å². The summed E-state index contributed by atoms with van der Waals surface area (Å²) in [5.74, 6) is 0.864. The second kappa shape index (κ2) is 7.44. The van der Waals surface area contributed by atoms with Crippen LogP contribution in [0.15, 0.2) is 29.1 Å². The predicted octanol–water partition coefficient (Wildman–Crippen LogP) is 3.36. The molecule has 0 unspecified atom stereocenters. The maximum atomic E-state index is 12.1. The third-order valence-electron chi connectivity index (χ3n) is 3.94. The molecule has 0 saturated carbocycles. The summed E-state index contributed by atoms with van der Waals surface area (Å²) in [6.07, 6.45) is 0.798. The zero-order valence-electron chi connectivity index (χ0n) is 14.4. The molecule has 4 nitrogen and oxygen atoms in total. The first kappa shape index (κ1) is 17.3. The van der Waals surface area contributed by atoms with Gasteiger partial charge in [-0.15, -0.1) is 0 Å². The van der Waals surface area contributed by atoms with Crippen molar-refractivity contribution in [1.82, 2.24) is 10.3 Å². The van der Waals surface area contributed by atoms with Gasteiger partial charge in [-0.3, -0.25) is 9.59 Å². The van der Waals surface area contributed by atoms with E-state index in [0.717, 1.165) is 10.9 Å². The number of pyridine rings is 1. The van der Waals surface area contributed by atoms with Gasteiger partial charge in [0, 0.05) is 24.0 Å². The molecule has 2 rings (SSSR count). The lowest BCUT2D eigenvalue weighted by atomic mass is 10.00. The second-order valence-corrected chi connectivity index (χ2v) is 6.82. The molecule has 4 heteroatoms. The molecule has 2 aromatic rings. The molecule has 0 aliphatic rings. The SMILES string of the molecule is CC(C)CNC(=O)CCc1cc2cc(C(C)C)ccc2[nH]c1=O. The molecule has 0 fully saturated rings. The first-order valence-corrected chi connectivity index (χ1v) is 8.29. The van der Waals surface area contributed by atoms with Gasteiger partial charge in [0.05, 0.1) is 0 Å². The number of amides is 1. The zero-order valence-corrected chi connectivity index (χ0v) is 14.4. The first-order valence-electron chi connectivity index (χ1n) is 8.29. The number of hydrogen-bond donors (Lipinski definition) is 2. The van der Waals surface area contributed by atoms with Gasteiger partial charge in [0.1, 0.15) is 0 Å². The molecule has 0 aliphatic heterocycles. The van der Waals surface area contributed by atoms with Gasteiger partial charge in [-0.2, -0.15) is 0 Å². The Morgan fingerprint density at radius 2 is 1.91 bits per heavy atom. The molecular weight excluding hydrogens is 288 g/mol. The fourth-order valence-electron chi connectivity index (χ4n) is 2.47. The first-order chi connectivity index (χ1) is 10.9. The van der Waals surface area contributed by atoms with E-state index in [2.05, 4.69) is 44.1 Å². The number of hydrogen-bond acceptors (Lipinski definition) is 2. The normalized spacial score (nSPS) is 11.4. The lowest BCUT2D eigenvalue weighted by Crippen LogP contribution is -2.28. The van der Waals surface area contributed by atoms with Crippen LogP contribution in [-0.4, -0.2) is 17.4 Å². The molecule has 1 aromatic heterocycles. The standard InChI is InChI=1S/C19H26N2O2/c1-12(2)11-20-18(22)8-6-15-10-16-9-14(13(3)4)5-7-17(16)21-19(15)23/h5,7,9-10,12-13H,6,8,11H2,1-4H3,(H,20,22)(H,21,23). The van der Waals surface area contributed by atoms with E-state index < -0.39 is 0 Å². The Balaban J connectivity index is 2.15. The number of aromatic nitrogens is 1. The third kappa shape index (κ3) is 4.68. The molecule has 23 heavy (non-hydrogen) atoms. The van der Waals surface area contributed by atoms with Crippen LogP contribution in [0.25, 0.3) is 10.9 Å². The minimum Gasteiger partial charge on any atom is -0.356 e. The fourth-order valence-corrected chi connectivity index (χ4v) is 2.47. The van der Waals surface area contributed by atoms with E-state index in [4.69, 9.17) is 0 Å². The van der Waals surface area contributed by atoms with Crippen LogP contribution in [0.2, 0.25) is 0 Å². The number of aromatic amines is 1. The number of nitrogens with one attached hydrogen (secondary N) is 2. The highest BCUT2D eigenvalue weighted by atomic mass is 16.1. The molecule has 1 amide bonds. The molecule has 0 bridgehead atoms. The Kier molecular flexibility index (Phi) is 5.59. The fraction of sp³-hybridized carbons (Fsp3) is 0.474. The highest BCUT2D eigenvalue weighted by Crippen LogP contribution is 2.20. The molecule has 0 radical (unpaired) electrons. The number of benzene rings is 1. The quantitative estimate of drug-likeness (QED) is 0.859. The number of fused-ring (bicyclic) bond motifs is 1. The van der Waals surface area contributed by atoms with Gasteiger partial charge in [0.25, 0.3) is 5.56 Å². The Morgan fingerprint density at radius 1 is 1.17 bits per heavy atom. The monoisotopic (exact) mass is 314 g/mol. The van der Waals surface area contributed by atoms with Gasteiger partial charge < -0.3 is 10.3 Å². The molecular formula is C19H26N2O2. The van der Waals surface area contributed by atoms with Crippen molar-refractivity contribution in [1.29, 1.82) is 0 Å². The highest BCUT2D eigenvalue weighted by Gasteiger charge is 2.08. The minimum atomic E-state index is -0.105. The Hall–Kier alpha value is -2.10. The highest BCUT2D eigenvalue weighted by molar-refractivity contribution is 5.80. The van der Waals surface area contributed by atoms with E-state index in [-0.39, 0.29) is 11.5 Å². The van der Waals surface area contributed by atoms with E-state index in [1.54, 1.807) is 0 Å². The smallest absolute Gasteiger partial charge is 0.251 e. The summed E-state index contributed by atoms with van der Waals surface area (Å²) < 4.78 is 0. The molecule has 0 atom stereocenters. The summed E-state index contributed by atoms with van der Waals surface area (Å²) in [6.45, 7) is 9.07. The average molecular weight is 314 g/mol. The van der Waals surface area contributed by atoms with E-state index in [9.17, 15) is 9.59 Å². The Morgan fingerprint density at radius 3 is 2.57 bits per heavy atom. The van der Waals surface area contributed by atoms with E-state index in [1.165, 1.54) is 5.56 Å². The summed E-state index contributed by atoms with van der Waals surface area (Å²) in [5.41, 5.74) is 2.64. The van der Waals surface area contributed by atoms with Gasteiger partial charge in [0.15, 0.2) is 0 Å². The van der Waals surface area contributed by atoms with Crippen molar-refractivity contribution in [2.45, 2.75) is 46.5 Å². The van der Waals surface area contributed by atoms with Crippen LogP contribution in [0.3, 0.4) is 0 Å². The number of rotatable bonds is 6. The van der Waals surface area contributed by atoms with Crippen molar-refractivity contribution in [3.63, 3.8) is 0 Å². The number of aryl methyl sites for hydroxylation is 1. The second-order valence-electron chi connectivity index (χ2n) is 6.82. The molecule has 0 saturated heterocycles. The molecule has 1 heterocycles. The Bertz CT molecular complexity index is 745. The largest absolute Gasteiger partial charge is 0.356 e. The minimum absolute atomic E-state index is 0.00544. The van der Waals surface area contributed by atoms with Crippen molar-refractivity contribution in [3.8, 4) is 0 Å². The van der Waals surface area contributed by atoms with Gasteiger partial charge in [-0.05, 0) is 47.4 Å². The molecule has 0 aliphatic carbocycles. The summed E-state index contributed by atoms with van der Waals surface area (Å²) in [5, 5.41) is 3.90. The van der Waals surface area contributed by atoms with Gasteiger partial charge in [-0.25, -0.2) is 0 Å². The topological polar surface area (TPSA) is 62.0 Å². The molecule has 1 aromatic carbocycles. The third-order valence-corrected chi connectivity index (χ3v) is 3.94. The van der Waals surface area contributed by atoms with E-state index in [0.29, 0.717) is 36.8 Å².